The molecule has 1 atom stereocenters. The van der Waals surface area contributed by atoms with E-state index in [-0.39, 0.29) is 35.9 Å². The SMILES string of the molecule is CN=C(NCC(OC)c1ccc(F)cc1)N(C)Cc1ccc(OC)cc1.I. The van der Waals surface area contributed by atoms with E-state index >= 15 is 0 Å². The van der Waals surface area contributed by atoms with E-state index in [9.17, 15) is 4.39 Å². The van der Waals surface area contributed by atoms with Gasteiger partial charge in [-0.25, -0.2) is 4.39 Å². The van der Waals surface area contributed by atoms with Crippen LogP contribution in [0.25, 0.3) is 0 Å². The Balaban J connectivity index is 0.00000364. The number of halogens is 2. The molecule has 0 spiro atoms. The number of guanidine groups is 1. The van der Waals surface area contributed by atoms with Gasteiger partial charge in [0.1, 0.15) is 11.6 Å². The molecule has 148 valence electrons. The van der Waals surface area contributed by atoms with Crippen LogP contribution in [0.15, 0.2) is 53.5 Å². The van der Waals surface area contributed by atoms with Crippen LogP contribution in [0.4, 0.5) is 4.39 Å². The molecule has 1 unspecified atom stereocenters. The third kappa shape index (κ3) is 6.99. The van der Waals surface area contributed by atoms with Gasteiger partial charge in [0, 0.05) is 34.3 Å². The first-order valence-electron chi connectivity index (χ1n) is 8.40. The first-order chi connectivity index (χ1) is 12.6. The van der Waals surface area contributed by atoms with Gasteiger partial charge in [-0.3, -0.25) is 4.99 Å². The number of nitrogens with zero attached hydrogens (tertiary/aromatic N) is 2. The number of hydrogen-bond acceptors (Lipinski definition) is 3. The normalized spacial score (nSPS) is 12.1. The van der Waals surface area contributed by atoms with Crippen LogP contribution in [0.5, 0.6) is 5.75 Å². The fraction of sp³-hybridized carbons (Fsp3) is 0.350. The van der Waals surface area contributed by atoms with E-state index in [1.807, 2.05) is 36.2 Å². The molecular weight excluding hydrogens is 460 g/mol. The smallest absolute Gasteiger partial charge is 0.193 e. The largest absolute Gasteiger partial charge is 0.497 e. The summed E-state index contributed by atoms with van der Waals surface area (Å²) in [4.78, 5) is 6.35. The first kappa shape index (κ1) is 23.2. The summed E-state index contributed by atoms with van der Waals surface area (Å²) in [5.41, 5.74) is 2.06. The number of nitrogens with one attached hydrogen (secondary N) is 1. The molecule has 0 aliphatic carbocycles. The van der Waals surface area contributed by atoms with Gasteiger partial charge >= 0.3 is 0 Å². The Hall–Kier alpha value is -1.87. The van der Waals surface area contributed by atoms with Crippen LogP contribution < -0.4 is 10.1 Å². The Labute approximate surface area is 177 Å². The Morgan fingerprint density at radius 3 is 2.26 bits per heavy atom. The van der Waals surface area contributed by atoms with Gasteiger partial charge in [-0.1, -0.05) is 24.3 Å². The van der Waals surface area contributed by atoms with E-state index in [0.29, 0.717) is 13.1 Å². The summed E-state index contributed by atoms with van der Waals surface area (Å²) in [6.07, 6.45) is -0.193. The Morgan fingerprint density at radius 1 is 1.11 bits per heavy atom. The monoisotopic (exact) mass is 487 g/mol. The van der Waals surface area contributed by atoms with Crippen LogP contribution in [0, 0.1) is 5.82 Å². The highest BCUT2D eigenvalue weighted by atomic mass is 127. The summed E-state index contributed by atoms with van der Waals surface area (Å²) < 4.78 is 23.8. The summed E-state index contributed by atoms with van der Waals surface area (Å²) in [5, 5.41) is 3.31. The average Bonchev–Trinajstić information content (AvgIpc) is 2.67. The van der Waals surface area contributed by atoms with Gasteiger partial charge < -0.3 is 19.7 Å². The van der Waals surface area contributed by atoms with Crippen molar-refractivity contribution in [3.63, 3.8) is 0 Å². The molecule has 0 fully saturated rings. The zero-order chi connectivity index (χ0) is 18.9. The van der Waals surface area contributed by atoms with E-state index in [1.165, 1.54) is 12.1 Å². The van der Waals surface area contributed by atoms with Crippen molar-refractivity contribution in [1.82, 2.24) is 10.2 Å². The number of methoxy groups -OCH3 is 2. The number of hydrogen-bond donors (Lipinski definition) is 1. The molecule has 0 amide bonds. The lowest BCUT2D eigenvalue weighted by atomic mass is 10.1. The third-order valence-electron chi connectivity index (χ3n) is 4.12. The highest BCUT2D eigenvalue weighted by Gasteiger charge is 2.13. The molecule has 2 aromatic carbocycles. The Kier molecular flexibility index (Phi) is 10.1. The van der Waals surface area contributed by atoms with Gasteiger partial charge in [0.2, 0.25) is 0 Å². The van der Waals surface area contributed by atoms with E-state index in [2.05, 4.69) is 10.3 Å². The van der Waals surface area contributed by atoms with Crippen molar-refractivity contribution in [1.29, 1.82) is 0 Å². The number of rotatable bonds is 7. The minimum atomic E-state index is -0.258. The molecule has 0 aliphatic rings. The molecule has 0 saturated carbocycles. The zero-order valence-corrected chi connectivity index (χ0v) is 18.4. The molecule has 0 aliphatic heterocycles. The summed E-state index contributed by atoms with van der Waals surface area (Å²) >= 11 is 0. The lowest BCUT2D eigenvalue weighted by Gasteiger charge is -2.24. The number of benzene rings is 2. The molecule has 2 rings (SSSR count). The fourth-order valence-corrected chi connectivity index (χ4v) is 2.66. The lowest BCUT2D eigenvalue weighted by Crippen LogP contribution is -2.40. The quantitative estimate of drug-likeness (QED) is 0.366. The maximum atomic E-state index is 13.1. The molecule has 0 heterocycles. The molecule has 0 radical (unpaired) electrons. The Bertz CT molecular complexity index is 708. The number of ether oxygens (including phenoxy) is 2. The van der Waals surface area contributed by atoms with Gasteiger partial charge in [0.05, 0.1) is 13.2 Å². The third-order valence-corrected chi connectivity index (χ3v) is 4.12. The molecule has 2 aromatic rings. The molecule has 27 heavy (non-hydrogen) atoms. The van der Waals surface area contributed by atoms with Crippen LogP contribution in [-0.2, 0) is 11.3 Å². The molecule has 5 nitrogen and oxygen atoms in total. The van der Waals surface area contributed by atoms with Crippen molar-refractivity contribution in [2.24, 2.45) is 4.99 Å². The van der Waals surface area contributed by atoms with E-state index in [4.69, 9.17) is 9.47 Å². The number of aliphatic imine (C=N–C) groups is 1. The summed E-state index contributed by atoms with van der Waals surface area (Å²) in [5.74, 6) is 1.33. The van der Waals surface area contributed by atoms with E-state index in [1.54, 1.807) is 33.4 Å². The van der Waals surface area contributed by atoms with Crippen molar-refractivity contribution in [3.05, 3.63) is 65.5 Å². The average molecular weight is 487 g/mol. The predicted molar refractivity (Wildman–Crippen MR) is 117 cm³/mol. The fourth-order valence-electron chi connectivity index (χ4n) is 2.66. The van der Waals surface area contributed by atoms with Crippen molar-refractivity contribution in [2.45, 2.75) is 12.6 Å². The second kappa shape index (κ2) is 11.8. The van der Waals surface area contributed by atoms with Crippen LogP contribution in [0.2, 0.25) is 0 Å². The second-order valence-electron chi connectivity index (χ2n) is 5.91. The molecular formula is C20H27FIN3O2. The maximum Gasteiger partial charge on any atom is 0.193 e. The highest BCUT2D eigenvalue weighted by Crippen LogP contribution is 2.16. The van der Waals surface area contributed by atoms with Crippen molar-refractivity contribution in [2.75, 3.05) is 34.9 Å². The van der Waals surface area contributed by atoms with Gasteiger partial charge in [0.25, 0.3) is 0 Å². The van der Waals surface area contributed by atoms with Crippen molar-refractivity contribution < 1.29 is 13.9 Å². The lowest BCUT2D eigenvalue weighted by molar-refractivity contribution is 0.106. The van der Waals surface area contributed by atoms with Crippen LogP contribution >= 0.6 is 24.0 Å². The van der Waals surface area contributed by atoms with Crippen molar-refractivity contribution in [3.8, 4) is 5.75 Å². The molecule has 7 heteroatoms. The maximum absolute atomic E-state index is 13.1. The van der Waals surface area contributed by atoms with Gasteiger partial charge in [0.15, 0.2) is 5.96 Å². The van der Waals surface area contributed by atoms with Gasteiger partial charge in [-0.15, -0.1) is 24.0 Å². The minimum absolute atomic E-state index is 0. The van der Waals surface area contributed by atoms with E-state index < -0.39 is 0 Å². The standard InChI is InChI=1S/C20H26FN3O2.HI/c1-22-20(24(2)14-15-5-11-18(25-3)12-6-15)23-13-19(26-4)16-7-9-17(21)10-8-16;/h5-12,19H,13-14H2,1-4H3,(H,22,23);1H. The zero-order valence-electron chi connectivity index (χ0n) is 16.1. The van der Waals surface area contributed by atoms with Crippen LogP contribution in [0.3, 0.4) is 0 Å². The summed E-state index contributed by atoms with van der Waals surface area (Å²) in [7, 11) is 7.01. The Morgan fingerprint density at radius 2 is 1.74 bits per heavy atom. The van der Waals surface area contributed by atoms with Gasteiger partial charge in [-0.05, 0) is 35.4 Å². The summed E-state index contributed by atoms with van der Waals surface area (Å²) in [6.45, 7) is 1.24. The molecule has 0 aromatic heterocycles. The second-order valence-corrected chi connectivity index (χ2v) is 5.91. The van der Waals surface area contributed by atoms with Crippen LogP contribution in [-0.4, -0.2) is 45.7 Å². The van der Waals surface area contributed by atoms with E-state index in [0.717, 1.165) is 22.8 Å². The van der Waals surface area contributed by atoms with Gasteiger partial charge in [-0.2, -0.15) is 0 Å². The molecule has 1 N–H and O–H groups in total. The molecule has 0 saturated heterocycles. The first-order valence-corrected chi connectivity index (χ1v) is 8.40. The summed E-state index contributed by atoms with van der Waals surface area (Å²) in [6, 6.07) is 14.3. The topological polar surface area (TPSA) is 46.1 Å². The van der Waals surface area contributed by atoms with Crippen LogP contribution in [0.1, 0.15) is 17.2 Å². The predicted octanol–water partition coefficient (Wildman–Crippen LogP) is 3.85. The molecule has 0 bridgehead atoms. The van der Waals surface area contributed by atoms with Crippen molar-refractivity contribution >= 4 is 29.9 Å². The highest BCUT2D eigenvalue weighted by molar-refractivity contribution is 14.0. The minimum Gasteiger partial charge on any atom is -0.497 e.